The number of aromatic nitrogens is 6. The second-order valence-corrected chi connectivity index (χ2v) is 23.6. The Labute approximate surface area is 543 Å². The van der Waals surface area contributed by atoms with Crippen LogP contribution in [-0.4, -0.2) is 63.8 Å². The van der Waals surface area contributed by atoms with E-state index in [9.17, 15) is 14.7 Å². The molecule has 0 radical (unpaired) electrons. The summed E-state index contributed by atoms with van der Waals surface area (Å²) < 4.78 is 35.2. The molecule has 0 unspecified atom stereocenters. The lowest BCUT2D eigenvalue weighted by atomic mass is 10.00. The predicted octanol–water partition coefficient (Wildman–Crippen LogP) is 18.3. The SMILES string of the molecule is CC(=O)C[C@H](C)CCCOc1ccccc1Cn1c(C)cnc1-c1ccc(-c2ccco2)cc1.Cc1cnc(-c2ccc(-c3ccco3)cc2)n1Cc1ccccc1O.Cc1cnc(-c2ccc(-c3ccco3)cc2)n1Cc1ccccc1OCCC[C@@H](C)CC(=O)O. The van der Waals surface area contributed by atoms with Crippen LogP contribution in [0.5, 0.6) is 17.2 Å². The zero-order valence-corrected chi connectivity index (χ0v) is 53.7. The normalized spacial score (nSPS) is 11.7. The minimum atomic E-state index is -0.749. The third-order valence-corrected chi connectivity index (χ3v) is 16.3. The van der Waals surface area contributed by atoms with Crippen molar-refractivity contribution in [2.75, 3.05) is 13.2 Å². The molecule has 0 fully saturated rings. The lowest BCUT2D eigenvalue weighted by Gasteiger charge is -2.16. The molecular weight excluding hydrogens is 1160 g/mol. The molecular formula is C78H80N6O9. The van der Waals surface area contributed by atoms with Gasteiger partial charge < -0.3 is 51.4 Å². The molecule has 93 heavy (non-hydrogen) atoms. The van der Waals surface area contributed by atoms with Gasteiger partial charge in [-0.25, -0.2) is 15.0 Å². The van der Waals surface area contributed by atoms with E-state index in [4.69, 9.17) is 32.8 Å². The van der Waals surface area contributed by atoms with Crippen molar-refractivity contribution in [3.63, 3.8) is 0 Å². The summed E-state index contributed by atoms with van der Waals surface area (Å²) in [5, 5.41) is 19.0. The van der Waals surface area contributed by atoms with Crippen molar-refractivity contribution in [1.82, 2.24) is 28.7 Å². The molecule has 0 bridgehead atoms. The number of imidazole rings is 3. The van der Waals surface area contributed by atoms with Crippen molar-refractivity contribution in [2.45, 2.75) is 99.7 Å². The van der Waals surface area contributed by atoms with Crippen molar-refractivity contribution in [3.05, 3.63) is 253 Å². The molecule has 6 aromatic carbocycles. The molecule has 0 aliphatic carbocycles. The second kappa shape index (κ2) is 31.9. The van der Waals surface area contributed by atoms with Gasteiger partial charge in [-0.1, -0.05) is 141 Å². The molecule has 0 saturated carbocycles. The van der Waals surface area contributed by atoms with E-state index in [1.807, 2.05) is 160 Å². The molecule has 0 aliphatic rings. The summed E-state index contributed by atoms with van der Waals surface area (Å²) in [6, 6.07) is 59.8. The van der Waals surface area contributed by atoms with Gasteiger partial charge in [0.05, 0.1) is 51.6 Å². The quantitative estimate of drug-likeness (QED) is 0.0490. The van der Waals surface area contributed by atoms with Crippen LogP contribution in [0.15, 0.2) is 233 Å². The number of aryl methyl sites for hydroxylation is 3. The number of aliphatic carboxylic acids is 1. The Morgan fingerprint density at radius 2 is 0.774 bits per heavy atom. The number of phenols is 1. The Morgan fingerprint density at radius 3 is 1.12 bits per heavy atom. The molecule has 15 nitrogen and oxygen atoms in total. The summed E-state index contributed by atoms with van der Waals surface area (Å²) in [5.74, 6) is 7.34. The van der Waals surface area contributed by atoms with Crippen LogP contribution >= 0.6 is 0 Å². The van der Waals surface area contributed by atoms with Gasteiger partial charge in [-0.2, -0.15) is 0 Å². The fraction of sp³-hybridized carbons (Fsp3) is 0.244. The Hall–Kier alpha value is -10.7. The fourth-order valence-electron chi connectivity index (χ4n) is 11.3. The highest BCUT2D eigenvalue weighted by molar-refractivity contribution is 5.75. The Bertz CT molecular complexity index is 4080. The number of rotatable bonds is 26. The minimum Gasteiger partial charge on any atom is -0.508 e. The highest BCUT2D eigenvalue weighted by atomic mass is 16.5. The average molecular weight is 1250 g/mol. The predicted molar refractivity (Wildman–Crippen MR) is 364 cm³/mol. The number of carboxylic acids is 1. The number of carbonyl (C=O) groups is 2. The zero-order valence-electron chi connectivity index (χ0n) is 53.7. The maximum atomic E-state index is 11.3. The van der Waals surface area contributed by atoms with Crippen molar-refractivity contribution in [3.8, 4) is 85.4 Å². The van der Waals surface area contributed by atoms with Crippen LogP contribution in [0.25, 0.3) is 68.1 Å². The van der Waals surface area contributed by atoms with E-state index in [1.165, 1.54) is 0 Å². The number of hydrogen-bond acceptors (Lipinski definition) is 11. The molecule has 6 heterocycles. The van der Waals surface area contributed by atoms with Crippen LogP contribution in [-0.2, 0) is 29.2 Å². The molecule has 6 aromatic heterocycles. The number of Topliss-reactive ketones (excluding diaryl/α,β-unsaturated/α-hetero) is 1. The molecule has 2 N–H and O–H groups in total. The second-order valence-electron chi connectivity index (χ2n) is 23.6. The van der Waals surface area contributed by atoms with Gasteiger partial charge in [0.25, 0.3) is 0 Å². The topological polar surface area (TPSA) is 186 Å². The molecule has 12 aromatic rings. The van der Waals surface area contributed by atoms with Crippen LogP contribution < -0.4 is 9.47 Å². The number of carbonyl (C=O) groups excluding carboxylic acids is 1. The number of carboxylic acid groups (broad SMARTS) is 1. The summed E-state index contributed by atoms with van der Waals surface area (Å²) in [6.07, 6.45) is 15.1. The summed E-state index contributed by atoms with van der Waals surface area (Å²) in [5.41, 5.74) is 12.5. The van der Waals surface area contributed by atoms with Crippen LogP contribution in [0.3, 0.4) is 0 Å². The molecule has 0 saturated heterocycles. The zero-order chi connectivity index (χ0) is 65.1. The Kier molecular flexibility index (Phi) is 22.4. The molecule has 12 rings (SSSR count). The molecule has 15 heteroatoms. The highest BCUT2D eigenvalue weighted by Crippen LogP contribution is 2.32. The van der Waals surface area contributed by atoms with E-state index in [0.29, 0.717) is 50.9 Å². The number of nitrogens with zero attached hydrogens (tertiary/aromatic N) is 6. The monoisotopic (exact) mass is 1240 g/mol. The van der Waals surface area contributed by atoms with E-state index < -0.39 is 5.97 Å². The largest absolute Gasteiger partial charge is 0.508 e. The molecule has 0 amide bonds. The van der Waals surface area contributed by atoms with Gasteiger partial charge in [0.2, 0.25) is 0 Å². The molecule has 0 spiro atoms. The van der Waals surface area contributed by atoms with Crippen molar-refractivity contribution >= 4 is 11.8 Å². The van der Waals surface area contributed by atoms with E-state index in [-0.39, 0.29) is 18.1 Å². The lowest BCUT2D eigenvalue weighted by Crippen LogP contribution is -2.09. The summed E-state index contributed by atoms with van der Waals surface area (Å²) >= 11 is 0. The number of furan rings is 3. The Balaban J connectivity index is 0.000000154. The smallest absolute Gasteiger partial charge is 0.303 e. The summed E-state index contributed by atoms with van der Waals surface area (Å²) in [7, 11) is 0. The van der Waals surface area contributed by atoms with E-state index in [1.54, 1.807) is 31.8 Å². The number of aromatic hydroxyl groups is 1. The number of hydrogen-bond donors (Lipinski definition) is 2. The number of phenolic OH excluding ortho intramolecular Hbond substituents is 1. The van der Waals surface area contributed by atoms with Crippen LogP contribution in [0.2, 0.25) is 0 Å². The van der Waals surface area contributed by atoms with Gasteiger partial charge in [-0.3, -0.25) is 4.79 Å². The van der Waals surface area contributed by atoms with Crippen molar-refractivity contribution in [1.29, 1.82) is 0 Å². The molecule has 2 atom stereocenters. The summed E-state index contributed by atoms with van der Waals surface area (Å²) in [6.45, 7) is 15.0. The number of ether oxygens (including phenoxy) is 2. The first-order valence-corrected chi connectivity index (χ1v) is 31.6. The first-order valence-electron chi connectivity index (χ1n) is 31.6. The lowest BCUT2D eigenvalue weighted by molar-refractivity contribution is -0.138. The van der Waals surface area contributed by atoms with Crippen molar-refractivity contribution < 1.29 is 42.5 Å². The highest BCUT2D eigenvalue weighted by Gasteiger charge is 2.18. The summed E-state index contributed by atoms with van der Waals surface area (Å²) in [4.78, 5) is 36.1. The van der Waals surface area contributed by atoms with Gasteiger partial charge >= 0.3 is 5.97 Å². The first-order chi connectivity index (χ1) is 45.2. The van der Waals surface area contributed by atoms with E-state index >= 15 is 0 Å². The van der Waals surface area contributed by atoms with E-state index in [0.717, 1.165) is 139 Å². The van der Waals surface area contributed by atoms with Gasteiger partial charge in [0.15, 0.2) is 0 Å². The Morgan fingerprint density at radius 1 is 0.441 bits per heavy atom. The third-order valence-electron chi connectivity index (χ3n) is 16.3. The van der Waals surface area contributed by atoms with Crippen LogP contribution in [0.1, 0.15) is 93.1 Å². The van der Waals surface area contributed by atoms with Gasteiger partial charge in [-0.15, -0.1) is 0 Å². The van der Waals surface area contributed by atoms with Crippen LogP contribution in [0, 0.1) is 32.6 Å². The first kappa shape index (κ1) is 65.3. The average Bonchev–Trinajstić information content (AvgIpc) is 1.80. The van der Waals surface area contributed by atoms with Gasteiger partial charge in [-0.05, 0) is 120 Å². The minimum absolute atomic E-state index is 0.145. The standard InChI is InChI=1S/C29H32N2O3.C28H30N2O4.C21H18N2O2/c1-21(18-23(3)32)8-6-16-34-28-10-5-4-9-26(28)20-31-22(2)19-30-29(31)25-14-12-24(13-15-25)27-11-7-17-33-27;1-20(17-27(31)32)7-5-15-34-26-9-4-3-8-24(26)19-30-21(2)18-29-28(30)23-13-11-22(12-14-23)25-10-6-16-33-25;1-15-13-22-21(23(15)14-18-5-2-3-6-19(18)24)17-10-8-16(9-11-17)20-7-4-12-25-20/h4-5,7,9-15,17,19,21H,6,8,16,18,20H2,1-3H3;3-4,6,8-14,16,18,20H,5,7,15,17,19H2,1-2H3,(H,31,32);2-13,24H,14H2,1H3/t21-;20-;/m11./s1. The van der Waals surface area contributed by atoms with Crippen molar-refractivity contribution in [2.24, 2.45) is 11.8 Å². The maximum Gasteiger partial charge on any atom is 0.303 e. The fourth-order valence-corrected chi connectivity index (χ4v) is 11.3. The van der Waals surface area contributed by atoms with Gasteiger partial charge in [0.1, 0.15) is 57.8 Å². The van der Waals surface area contributed by atoms with Crippen LogP contribution in [0.4, 0.5) is 0 Å². The molecule has 0 aliphatic heterocycles. The number of benzene rings is 6. The van der Waals surface area contributed by atoms with Gasteiger partial charge in [0, 0.05) is 98.6 Å². The van der Waals surface area contributed by atoms with E-state index in [2.05, 4.69) is 93.0 Å². The number of ketones is 1. The maximum absolute atomic E-state index is 11.3. The number of para-hydroxylation sites is 3. The third kappa shape index (κ3) is 17.6. The molecule has 476 valence electrons.